The van der Waals surface area contributed by atoms with E-state index in [0.29, 0.717) is 6.54 Å². The molecule has 0 spiro atoms. The fraction of sp³-hybridized carbons (Fsp3) is 0.250. The smallest absolute Gasteiger partial charge is 0.268 e. The van der Waals surface area contributed by atoms with E-state index in [1.807, 2.05) is 38.1 Å². The van der Waals surface area contributed by atoms with Crippen molar-refractivity contribution in [3.05, 3.63) is 34.6 Å². The fourth-order valence-corrected chi connectivity index (χ4v) is 2.16. The molecule has 78 valence electrons. The van der Waals surface area contributed by atoms with Crippen molar-refractivity contribution in [3.63, 3.8) is 0 Å². The molecule has 15 heavy (non-hydrogen) atoms. The van der Waals surface area contributed by atoms with Gasteiger partial charge in [-0.2, -0.15) is 0 Å². The maximum atomic E-state index is 11.6. The monoisotopic (exact) mass is 219 g/mol. The quantitative estimate of drug-likeness (QED) is 0.676. The minimum Gasteiger partial charge on any atom is -0.268 e. The molecule has 1 heterocycles. The lowest BCUT2D eigenvalue weighted by Crippen LogP contribution is -2.11. The SMILES string of the molecule is C#CCn1sc2ccccc2c1=O.CC. The molecule has 1 aromatic heterocycles. The minimum absolute atomic E-state index is 0.0125. The first-order chi connectivity index (χ1) is 7.33. The van der Waals surface area contributed by atoms with Crippen LogP contribution in [0.15, 0.2) is 29.1 Å². The maximum absolute atomic E-state index is 11.6. The summed E-state index contributed by atoms with van der Waals surface area (Å²) in [6, 6.07) is 7.52. The second-order valence-corrected chi connectivity index (χ2v) is 3.70. The molecule has 0 aliphatic heterocycles. The van der Waals surface area contributed by atoms with Gasteiger partial charge >= 0.3 is 0 Å². The third-order valence-corrected chi connectivity index (χ3v) is 2.86. The van der Waals surface area contributed by atoms with Crippen LogP contribution in [0.2, 0.25) is 0 Å². The van der Waals surface area contributed by atoms with Crippen molar-refractivity contribution in [1.29, 1.82) is 0 Å². The molecule has 0 bridgehead atoms. The molecule has 2 nitrogen and oxygen atoms in total. The van der Waals surface area contributed by atoms with Crippen molar-refractivity contribution in [3.8, 4) is 12.3 Å². The van der Waals surface area contributed by atoms with Gasteiger partial charge in [0.15, 0.2) is 0 Å². The summed E-state index contributed by atoms with van der Waals surface area (Å²) in [5.41, 5.74) is 0.0125. The van der Waals surface area contributed by atoms with Crippen LogP contribution in [0.4, 0.5) is 0 Å². The first-order valence-corrected chi connectivity index (χ1v) is 5.62. The van der Waals surface area contributed by atoms with E-state index in [1.54, 1.807) is 3.96 Å². The zero-order chi connectivity index (χ0) is 11.3. The summed E-state index contributed by atoms with van der Waals surface area (Å²) >= 11 is 1.41. The van der Waals surface area contributed by atoms with Crippen molar-refractivity contribution in [2.45, 2.75) is 20.4 Å². The highest BCUT2D eigenvalue weighted by Gasteiger charge is 2.04. The predicted octanol–water partition coefficient (Wildman–Crippen LogP) is 2.72. The summed E-state index contributed by atoms with van der Waals surface area (Å²) in [5, 5.41) is 0.753. The van der Waals surface area contributed by atoms with E-state index in [-0.39, 0.29) is 5.56 Å². The molecule has 0 radical (unpaired) electrons. The molecule has 0 fully saturated rings. The Morgan fingerprint density at radius 2 is 2.07 bits per heavy atom. The summed E-state index contributed by atoms with van der Waals surface area (Å²) in [4.78, 5) is 11.6. The average Bonchev–Trinajstić information content (AvgIpc) is 2.60. The van der Waals surface area contributed by atoms with Gasteiger partial charge in [-0.3, -0.25) is 8.75 Å². The van der Waals surface area contributed by atoms with Gasteiger partial charge < -0.3 is 0 Å². The van der Waals surface area contributed by atoms with Gasteiger partial charge in [0.1, 0.15) is 0 Å². The number of nitrogens with zero attached hydrogens (tertiary/aromatic N) is 1. The largest absolute Gasteiger partial charge is 0.269 e. The second-order valence-electron chi connectivity index (χ2n) is 2.63. The number of terminal acetylenes is 1. The summed E-state index contributed by atoms with van der Waals surface area (Å²) in [6.45, 7) is 4.36. The van der Waals surface area contributed by atoms with Gasteiger partial charge in [0.05, 0.1) is 16.6 Å². The molecule has 2 aromatic rings. The van der Waals surface area contributed by atoms with E-state index >= 15 is 0 Å². The summed E-state index contributed by atoms with van der Waals surface area (Å²) in [5.74, 6) is 2.46. The van der Waals surface area contributed by atoms with Crippen LogP contribution in [0, 0.1) is 12.3 Å². The molecule has 0 unspecified atom stereocenters. The number of fused-ring (bicyclic) bond motifs is 1. The highest BCUT2D eigenvalue weighted by atomic mass is 32.1. The van der Waals surface area contributed by atoms with Crippen LogP contribution in [0.3, 0.4) is 0 Å². The van der Waals surface area contributed by atoms with Gasteiger partial charge in [-0.15, -0.1) is 6.42 Å². The van der Waals surface area contributed by atoms with E-state index in [0.717, 1.165) is 10.1 Å². The Labute approximate surface area is 93.3 Å². The average molecular weight is 219 g/mol. The molecule has 0 atom stereocenters. The Kier molecular flexibility index (Phi) is 4.14. The fourth-order valence-electron chi connectivity index (χ4n) is 1.20. The minimum atomic E-state index is 0.0125. The number of hydrogen-bond acceptors (Lipinski definition) is 2. The van der Waals surface area contributed by atoms with Crippen LogP contribution in [-0.4, -0.2) is 3.96 Å². The van der Waals surface area contributed by atoms with Crippen LogP contribution in [0.1, 0.15) is 13.8 Å². The van der Waals surface area contributed by atoms with Crippen LogP contribution >= 0.6 is 11.5 Å². The van der Waals surface area contributed by atoms with E-state index < -0.39 is 0 Å². The van der Waals surface area contributed by atoms with Gasteiger partial charge in [-0.25, -0.2) is 0 Å². The number of rotatable bonds is 1. The third-order valence-electron chi connectivity index (χ3n) is 1.79. The molecule has 0 N–H and O–H groups in total. The van der Waals surface area contributed by atoms with Crippen LogP contribution in [-0.2, 0) is 6.54 Å². The molecule has 2 rings (SSSR count). The molecule has 3 heteroatoms. The third kappa shape index (κ3) is 2.28. The van der Waals surface area contributed by atoms with Crippen LogP contribution < -0.4 is 5.56 Å². The zero-order valence-corrected chi connectivity index (χ0v) is 9.67. The number of hydrogen-bond donors (Lipinski definition) is 0. The Bertz CT molecular complexity index is 530. The summed E-state index contributed by atoms with van der Waals surface area (Å²) in [6.07, 6.45) is 5.15. The predicted molar refractivity (Wildman–Crippen MR) is 66.3 cm³/mol. The molecular weight excluding hydrogens is 206 g/mol. The van der Waals surface area contributed by atoms with E-state index in [9.17, 15) is 4.79 Å². The number of aromatic nitrogens is 1. The van der Waals surface area contributed by atoms with E-state index in [1.165, 1.54) is 11.5 Å². The highest BCUT2D eigenvalue weighted by molar-refractivity contribution is 7.13. The lowest BCUT2D eigenvalue weighted by molar-refractivity contribution is 0.906. The maximum Gasteiger partial charge on any atom is 0.269 e. The lowest BCUT2D eigenvalue weighted by atomic mass is 10.3. The van der Waals surface area contributed by atoms with Gasteiger partial charge in [0.2, 0.25) is 0 Å². The molecular formula is C12H13NOS. The first kappa shape index (κ1) is 11.5. The van der Waals surface area contributed by atoms with E-state index in [2.05, 4.69) is 5.92 Å². The lowest BCUT2D eigenvalue weighted by Gasteiger charge is -1.87. The van der Waals surface area contributed by atoms with Crippen molar-refractivity contribution in [2.24, 2.45) is 0 Å². The Hall–Kier alpha value is -1.53. The van der Waals surface area contributed by atoms with Crippen molar-refractivity contribution in [2.75, 3.05) is 0 Å². The summed E-state index contributed by atoms with van der Waals surface area (Å²) in [7, 11) is 0. The molecule has 0 saturated carbocycles. The molecule has 1 aromatic carbocycles. The molecule has 0 aliphatic rings. The molecule has 0 saturated heterocycles. The normalized spacial score (nSPS) is 9.13. The van der Waals surface area contributed by atoms with Crippen molar-refractivity contribution >= 4 is 21.6 Å². The summed E-state index contributed by atoms with van der Waals surface area (Å²) < 4.78 is 2.58. The van der Waals surface area contributed by atoms with Gasteiger partial charge in [0, 0.05) is 0 Å². The van der Waals surface area contributed by atoms with Gasteiger partial charge in [-0.1, -0.05) is 43.4 Å². The zero-order valence-electron chi connectivity index (χ0n) is 8.86. The van der Waals surface area contributed by atoms with Gasteiger partial charge in [0.25, 0.3) is 5.56 Å². The number of benzene rings is 1. The highest BCUT2D eigenvalue weighted by Crippen LogP contribution is 2.15. The Balaban J connectivity index is 0.000000531. The Morgan fingerprint density at radius 3 is 2.67 bits per heavy atom. The van der Waals surface area contributed by atoms with Crippen LogP contribution in [0.25, 0.3) is 10.1 Å². The molecule has 0 amide bonds. The topological polar surface area (TPSA) is 22.0 Å². The van der Waals surface area contributed by atoms with Gasteiger partial charge in [-0.05, 0) is 12.1 Å². The Morgan fingerprint density at radius 1 is 1.40 bits per heavy atom. The first-order valence-electron chi connectivity index (χ1n) is 4.85. The van der Waals surface area contributed by atoms with Crippen molar-refractivity contribution < 1.29 is 0 Å². The standard InChI is InChI=1S/C10H7NOS.C2H6/c1-2-7-11-10(12)8-5-3-4-6-9(8)13-11;1-2/h1,3-6H,7H2;1-2H3. The van der Waals surface area contributed by atoms with Crippen molar-refractivity contribution in [1.82, 2.24) is 3.96 Å². The molecule has 0 aliphatic carbocycles. The second kappa shape index (κ2) is 5.38. The van der Waals surface area contributed by atoms with Crippen LogP contribution in [0.5, 0.6) is 0 Å². The van der Waals surface area contributed by atoms with E-state index in [4.69, 9.17) is 6.42 Å².